The molecule has 0 spiro atoms. The number of nitrogens with one attached hydrogen (secondary N) is 1. The van der Waals surface area contributed by atoms with Gasteiger partial charge in [0.15, 0.2) is 0 Å². The molecule has 1 N–H and O–H groups in total. The van der Waals surface area contributed by atoms with Gasteiger partial charge in [0.2, 0.25) is 5.91 Å². The third-order valence-electron chi connectivity index (χ3n) is 3.88. The van der Waals surface area contributed by atoms with Crippen molar-refractivity contribution in [1.29, 1.82) is 0 Å². The zero-order valence-electron chi connectivity index (χ0n) is 13.7. The zero-order valence-corrected chi connectivity index (χ0v) is 14.4. The monoisotopic (exact) mass is 354 g/mol. The van der Waals surface area contributed by atoms with Crippen molar-refractivity contribution >= 4 is 17.5 Å². The molecule has 0 aliphatic heterocycles. The highest BCUT2D eigenvalue weighted by atomic mass is 35.5. The number of carbonyl (C=O) groups is 1. The highest BCUT2D eigenvalue weighted by Gasteiger charge is 2.16. The van der Waals surface area contributed by atoms with E-state index >= 15 is 0 Å². The van der Waals surface area contributed by atoms with Crippen LogP contribution >= 0.6 is 11.6 Å². The van der Waals surface area contributed by atoms with Gasteiger partial charge in [0.25, 0.3) is 0 Å². The molecule has 1 atom stereocenters. The average Bonchev–Trinajstić information content (AvgIpc) is 3.13. The van der Waals surface area contributed by atoms with Gasteiger partial charge in [-0.2, -0.15) is 15.0 Å². The Morgan fingerprint density at radius 2 is 1.84 bits per heavy atom. The maximum absolute atomic E-state index is 12.4. The Kier molecular flexibility index (Phi) is 5.80. The van der Waals surface area contributed by atoms with E-state index in [1.54, 1.807) is 17.2 Å². The van der Waals surface area contributed by atoms with Gasteiger partial charge in [0, 0.05) is 11.4 Å². The number of aromatic nitrogens is 3. The molecule has 0 radical (unpaired) electrons. The second kappa shape index (κ2) is 8.44. The number of benzene rings is 2. The number of carbonyl (C=O) groups excluding carboxylic acids is 1. The van der Waals surface area contributed by atoms with Crippen LogP contribution in [0.3, 0.4) is 0 Å². The van der Waals surface area contributed by atoms with Crippen molar-refractivity contribution in [3.63, 3.8) is 0 Å². The van der Waals surface area contributed by atoms with Crippen molar-refractivity contribution in [3.8, 4) is 0 Å². The van der Waals surface area contributed by atoms with E-state index in [4.69, 9.17) is 11.6 Å². The predicted octanol–water partition coefficient (Wildman–Crippen LogP) is 3.42. The minimum atomic E-state index is -0.180. The van der Waals surface area contributed by atoms with Gasteiger partial charge in [0.1, 0.15) is 0 Å². The van der Waals surface area contributed by atoms with Gasteiger partial charge in [-0.1, -0.05) is 54.1 Å². The number of rotatable bonds is 7. The largest absolute Gasteiger partial charge is 0.347 e. The zero-order chi connectivity index (χ0) is 17.5. The molecule has 5 nitrogen and oxygen atoms in total. The quantitative estimate of drug-likeness (QED) is 0.707. The van der Waals surface area contributed by atoms with Crippen molar-refractivity contribution in [2.24, 2.45) is 0 Å². The van der Waals surface area contributed by atoms with E-state index in [2.05, 4.69) is 15.5 Å². The van der Waals surface area contributed by atoms with Crippen molar-refractivity contribution in [1.82, 2.24) is 20.3 Å². The van der Waals surface area contributed by atoms with Gasteiger partial charge >= 0.3 is 0 Å². The second-order valence-electron chi connectivity index (χ2n) is 5.74. The van der Waals surface area contributed by atoms with Crippen LogP contribution in [0.2, 0.25) is 5.02 Å². The number of hydrogen-bond acceptors (Lipinski definition) is 3. The van der Waals surface area contributed by atoms with Crippen LogP contribution in [-0.2, 0) is 17.8 Å². The van der Waals surface area contributed by atoms with Crippen molar-refractivity contribution in [2.45, 2.75) is 25.4 Å². The summed E-state index contributed by atoms with van der Waals surface area (Å²) in [5.74, 6) is -0.0130. The molecule has 1 heterocycles. The Labute approximate surface area is 151 Å². The Morgan fingerprint density at radius 1 is 1.08 bits per heavy atom. The lowest BCUT2D eigenvalue weighted by Crippen LogP contribution is -2.32. The van der Waals surface area contributed by atoms with E-state index in [0.717, 1.165) is 11.1 Å². The van der Waals surface area contributed by atoms with E-state index in [9.17, 15) is 4.79 Å². The van der Waals surface area contributed by atoms with Crippen LogP contribution < -0.4 is 5.32 Å². The number of nitrogens with zero attached hydrogens (tertiary/aromatic N) is 3. The van der Waals surface area contributed by atoms with Crippen LogP contribution in [0.25, 0.3) is 0 Å². The first-order valence-electron chi connectivity index (χ1n) is 8.13. The Hall–Kier alpha value is -2.66. The molecular formula is C19H19ClN4O. The first-order chi connectivity index (χ1) is 12.2. The third-order valence-corrected chi connectivity index (χ3v) is 4.11. The Bertz CT molecular complexity index is 805. The Morgan fingerprint density at radius 3 is 2.56 bits per heavy atom. The van der Waals surface area contributed by atoms with E-state index in [1.807, 2.05) is 54.6 Å². The first-order valence-corrected chi connectivity index (χ1v) is 8.51. The molecule has 0 fully saturated rings. The molecule has 0 aliphatic carbocycles. The number of hydrogen-bond donors (Lipinski definition) is 1. The summed E-state index contributed by atoms with van der Waals surface area (Å²) in [4.78, 5) is 14.0. The van der Waals surface area contributed by atoms with Gasteiger partial charge in [-0.25, -0.2) is 0 Å². The molecule has 0 saturated heterocycles. The summed E-state index contributed by atoms with van der Waals surface area (Å²) in [6.45, 7) is 0.486. The number of amides is 1. The molecule has 1 unspecified atom stereocenters. The standard InChI is InChI=1S/C19H19ClN4O/c20-17-8-4-5-15(13-17)9-10-19(25)23-18(14-24-21-11-12-22-24)16-6-2-1-3-7-16/h1-8,11-13,18H,9-10,14H2,(H,23,25). The first kappa shape index (κ1) is 17.2. The minimum absolute atomic E-state index is 0.0130. The van der Waals surface area contributed by atoms with Crippen LogP contribution in [0.1, 0.15) is 23.6 Å². The van der Waals surface area contributed by atoms with Crippen LogP contribution in [0, 0.1) is 0 Å². The van der Waals surface area contributed by atoms with Crippen molar-refractivity contribution in [3.05, 3.63) is 83.1 Å². The van der Waals surface area contributed by atoms with Crippen LogP contribution in [0.5, 0.6) is 0 Å². The van der Waals surface area contributed by atoms with Crippen molar-refractivity contribution < 1.29 is 4.79 Å². The number of aryl methyl sites for hydroxylation is 1. The summed E-state index contributed by atoms with van der Waals surface area (Å²) >= 11 is 5.99. The molecule has 3 aromatic rings. The maximum Gasteiger partial charge on any atom is 0.220 e. The smallest absolute Gasteiger partial charge is 0.220 e. The summed E-state index contributed by atoms with van der Waals surface area (Å²) in [6, 6.07) is 17.2. The fraction of sp³-hybridized carbons (Fsp3) is 0.211. The Balaban J connectivity index is 1.64. The fourth-order valence-corrected chi connectivity index (χ4v) is 2.85. The lowest BCUT2D eigenvalue weighted by molar-refractivity contribution is -0.121. The summed E-state index contributed by atoms with van der Waals surface area (Å²) in [5.41, 5.74) is 2.07. The molecule has 0 aliphatic rings. The van der Waals surface area contributed by atoms with Crippen LogP contribution in [-0.4, -0.2) is 20.9 Å². The lowest BCUT2D eigenvalue weighted by Gasteiger charge is -2.19. The van der Waals surface area contributed by atoms with Gasteiger partial charge in [-0.3, -0.25) is 4.79 Å². The van der Waals surface area contributed by atoms with E-state index < -0.39 is 0 Å². The second-order valence-corrected chi connectivity index (χ2v) is 6.18. The van der Waals surface area contributed by atoms with E-state index in [-0.39, 0.29) is 11.9 Å². The molecule has 3 rings (SSSR count). The van der Waals surface area contributed by atoms with Gasteiger partial charge in [-0.15, -0.1) is 0 Å². The minimum Gasteiger partial charge on any atom is -0.347 e. The summed E-state index contributed by atoms with van der Waals surface area (Å²) < 4.78 is 0. The van der Waals surface area contributed by atoms with Crippen LogP contribution in [0.15, 0.2) is 67.0 Å². The summed E-state index contributed by atoms with van der Waals surface area (Å²) in [6.07, 6.45) is 4.30. The molecule has 6 heteroatoms. The SMILES string of the molecule is O=C(CCc1cccc(Cl)c1)NC(Cn1nccn1)c1ccccc1. The molecule has 0 saturated carbocycles. The fourth-order valence-electron chi connectivity index (χ4n) is 2.64. The summed E-state index contributed by atoms with van der Waals surface area (Å²) in [5, 5.41) is 12.0. The molecule has 0 bridgehead atoms. The lowest BCUT2D eigenvalue weighted by atomic mass is 10.1. The third kappa shape index (κ3) is 5.16. The molecule has 2 aromatic carbocycles. The average molecular weight is 355 g/mol. The highest BCUT2D eigenvalue weighted by Crippen LogP contribution is 2.16. The van der Waals surface area contributed by atoms with E-state index in [0.29, 0.717) is 24.4 Å². The molecule has 1 aromatic heterocycles. The van der Waals surface area contributed by atoms with Crippen molar-refractivity contribution in [2.75, 3.05) is 0 Å². The molecular weight excluding hydrogens is 336 g/mol. The topological polar surface area (TPSA) is 59.8 Å². The normalized spacial score (nSPS) is 11.9. The predicted molar refractivity (Wildman–Crippen MR) is 97.1 cm³/mol. The van der Waals surface area contributed by atoms with Gasteiger partial charge < -0.3 is 5.32 Å². The van der Waals surface area contributed by atoms with E-state index in [1.165, 1.54) is 0 Å². The maximum atomic E-state index is 12.4. The van der Waals surface area contributed by atoms with Gasteiger partial charge in [0.05, 0.1) is 25.0 Å². The molecule has 25 heavy (non-hydrogen) atoms. The van der Waals surface area contributed by atoms with Crippen LogP contribution in [0.4, 0.5) is 0 Å². The highest BCUT2D eigenvalue weighted by molar-refractivity contribution is 6.30. The number of halogens is 1. The van der Waals surface area contributed by atoms with Gasteiger partial charge in [-0.05, 0) is 29.7 Å². The molecule has 128 valence electrons. The molecule has 1 amide bonds. The summed E-state index contributed by atoms with van der Waals surface area (Å²) in [7, 11) is 0.